The Kier molecular flexibility index (Phi) is 4.76. The Morgan fingerprint density at radius 2 is 2.16 bits per heavy atom. The van der Waals surface area contributed by atoms with E-state index < -0.39 is 0 Å². The van der Waals surface area contributed by atoms with Crippen LogP contribution in [0.25, 0.3) is 0 Å². The SMILES string of the molecule is CCNc1nc(Cl)nc(N2CCCC2CN(C)C)n1. The summed E-state index contributed by atoms with van der Waals surface area (Å²) in [6.45, 7) is 4.74. The van der Waals surface area contributed by atoms with Gasteiger partial charge in [0.05, 0.1) is 0 Å². The van der Waals surface area contributed by atoms with Crippen LogP contribution in [-0.4, -0.2) is 59.6 Å². The van der Waals surface area contributed by atoms with Crippen LogP contribution in [0.15, 0.2) is 0 Å². The van der Waals surface area contributed by atoms with Crippen molar-refractivity contribution in [2.24, 2.45) is 0 Å². The zero-order chi connectivity index (χ0) is 13.8. The van der Waals surface area contributed by atoms with Crippen LogP contribution < -0.4 is 10.2 Å². The van der Waals surface area contributed by atoms with Crippen LogP contribution in [0.3, 0.4) is 0 Å². The Labute approximate surface area is 119 Å². The molecule has 1 aromatic heterocycles. The van der Waals surface area contributed by atoms with Gasteiger partial charge in [0.15, 0.2) is 0 Å². The van der Waals surface area contributed by atoms with Gasteiger partial charge in [-0.3, -0.25) is 0 Å². The van der Waals surface area contributed by atoms with E-state index in [1.165, 1.54) is 6.42 Å². The van der Waals surface area contributed by atoms with Crippen LogP contribution in [-0.2, 0) is 0 Å². The summed E-state index contributed by atoms with van der Waals surface area (Å²) in [6, 6.07) is 0.447. The third kappa shape index (κ3) is 3.67. The molecular formula is C12H21ClN6. The van der Waals surface area contributed by atoms with Gasteiger partial charge in [0, 0.05) is 25.7 Å². The van der Waals surface area contributed by atoms with Gasteiger partial charge >= 0.3 is 0 Å². The van der Waals surface area contributed by atoms with E-state index in [2.05, 4.69) is 44.2 Å². The van der Waals surface area contributed by atoms with Gasteiger partial charge in [0.1, 0.15) is 0 Å². The molecule has 0 aromatic carbocycles. The minimum atomic E-state index is 0.247. The summed E-state index contributed by atoms with van der Waals surface area (Å²) in [5.74, 6) is 1.23. The number of halogens is 1. The Bertz CT molecular complexity index is 425. The molecule has 0 amide bonds. The zero-order valence-corrected chi connectivity index (χ0v) is 12.5. The van der Waals surface area contributed by atoms with Crippen LogP contribution in [0.2, 0.25) is 5.28 Å². The van der Waals surface area contributed by atoms with Gasteiger partial charge in [-0.15, -0.1) is 0 Å². The van der Waals surface area contributed by atoms with E-state index >= 15 is 0 Å². The monoisotopic (exact) mass is 284 g/mol. The van der Waals surface area contributed by atoms with Gasteiger partial charge in [0.25, 0.3) is 0 Å². The van der Waals surface area contributed by atoms with E-state index in [1.54, 1.807) is 0 Å². The molecule has 0 aliphatic carbocycles. The number of nitrogens with zero attached hydrogens (tertiary/aromatic N) is 5. The lowest BCUT2D eigenvalue weighted by Crippen LogP contribution is -2.38. The Morgan fingerprint density at radius 3 is 2.84 bits per heavy atom. The quantitative estimate of drug-likeness (QED) is 0.884. The first-order chi connectivity index (χ1) is 9.10. The van der Waals surface area contributed by atoms with Crippen molar-refractivity contribution < 1.29 is 0 Å². The average Bonchev–Trinajstić information content (AvgIpc) is 2.75. The van der Waals surface area contributed by atoms with Crippen LogP contribution in [0.1, 0.15) is 19.8 Å². The van der Waals surface area contributed by atoms with Crippen LogP contribution in [0, 0.1) is 0 Å². The second kappa shape index (κ2) is 6.34. The predicted octanol–water partition coefficient (Wildman–Crippen LogP) is 1.49. The number of rotatable bonds is 5. The van der Waals surface area contributed by atoms with Gasteiger partial charge in [-0.05, 0) is 45.5 Å². The summed E-state index contributed by atoms with van der Waals surface area (Å²) in [4.78, 5) is 17.2. The fraction of sp³-hybridized carbons (Fsp3) is 0.750. The van der Waals surface area contributed by atoms with Crippen molar-refractivity contribution in [1.82, 2.24) is 19.9 Å². The Hall–Kier alpha value is -1.14. The van der Waals surface area contributed by atoms with E-state index in [0.717, 1.165) is 26.1 Å². The molecule has 2 heterocycles. The van der Waals surface area contributed by atoms with Crippen LogP contribution in [0.5, 0.6) is 0 Å². The topological polar surface area (TPSA) is 57.2 Å². The predicted molar refractivity (Wildman–Crippen MR) is 77.9 cm³/mol. The van der Waals surface area contributed by atoms with Crippen molar-refractivity contribution >= 4 is 23.5 Å². The summed E-state index contributed by atoms with van der Waals surface area (Å²) in [7, 11) is 4.17. The molecule has 1 N–H and O–H groups in total. The molecule has 0 saturated carbocycles. The molecule has 6 nitrogen and oxygen atoms in total. The molecule has 1 saturated heterocycles. The lowest BCUT2D eigenvalue weighted by atomic mass is 10.2. The first-order valence-electron chi connectivity index (χ1n) is 6.67. The molecule has 1 aliphatic heterocycles. The standard InChI is InChI=1S/C12H21ClN6/c1-4-14-11-15-10(13)16-12(17-11)19-7-5-6-9(19)8-18(2)3/h9H,4-8H2,1-3H3,(H,14,15,16,17). The molecule has 7 heteroatoms. The molecule has 1 fully saturated rings. The van der Waals surface area contributed by atoms with Gasteiger partial charge in [0.2, 0.25) is 17.2 Å². The molecule has 1 aromatic rings. The van der Waals surface area contributed by atoms with E-state index in [9.17, 15) is 0 Å². The fourth-order valence-electron chi connectivity index (χ4n) is 2.42. The number of nitrogens with one attached hydrogen (secondary N) is 1. The third-order valence-corrected chi connectivity index (χ3v) is 3.31. The minimum absolute atomic E-state index is 0.247. The molecule has 106 valence electrons. The molecule has 1 unspecified atom stereocenters. The smallest absolute Gasteiger partial charge is 0.231 e. The average molecular weight is 285 g/mol. The summed E-state index contributed by atoms with van der Waals surface area (Å²) in [5.41, 5.74) is 0. The molecule has 0 radical (unpaired) electrons. The highest BCUT2D eigenvalue weighted by atomic mass is 35.5. The largest absolute Gasteiger partial charge is 0.354 e. The lowest BCUT2D eigenvalue weighted by Gasteiger charge is -2.27. The normalized spacial score (nSPS) is 19.2. The van der Waals surface area contributed by atoms with Gasteiger partial charge in [-0.25, -0.2) is 0 Å². The van der Waals surface area contributed by atoms with E-state index in [1.807, 2.05) is 6.92 Å². The number of hydrogen-bond donors (Lipinski definition) is 1. The highest BCUT2D eigenvalue weighted by Gasteiger charge is 2.27. The zero-order valence-electron chi connectivity index (χ0n) is 11.7. The third-order valence-electron chi connectivity index (χ3n) is 3.14. The van der Waals surface area contributed by atoms with Crippen molar-refractivity contribution in [3.05, 3.63) is 5.28 Å². The van der Waals surface area contributed by atoms with Crippen LogP contribution >= 0.6 is 11.6 Å². The molecular weight excluding hydrogens is 264 g/mol. The summed E-state index contributed by atoms with van der Waals surface area (Å²) >= 11 is 5.98. The summed E-state index contributed by atoms with van der Waals surface area (Å²) in [6.07, 6.45) is 2.33. The van der Waals surface area contributed by atoms with E-state index in [0.29, 0.717) is 17.9 Å². The molecule has 0 bridgehead atoms. The number of hydrogen-bond acceptors (Lipinski definition) is 6. The van der Waals surface area contributed by atoms with Crippen molar-refractivity contribution in [3.8, 4) is 0 Å². The maximum atomic E-state index is 5.98. The fourth-order valence-corrected chi connectivity index (χ4v) is 2.57. The maximum absolute atomic E-state index is 5.98. The molecule has 1 aliphatic rings. The summed E-state index contributed by atoms with van der Waals surface area (Å²) < 4.78 is 0. The maximum Gasteiger partial charge on any atom is 0.231 e. The van der Waals surface area contributed by atoms with E-state index in [-0.39, 0.29) is 5.28 Å². The van der Waals surface area contributed by atoms with Gasteiger partial charge in [-0.1, -0.05) is 0 Å². The Balaban J connectivity index is 2.19. The van der Waals surface area contributed by atoms with E-state index in [4.69, 9.17) is 11.6 Å². The Morgan fingerprint density at radius 1 is 1.37 bits per heavy atom. The highest BCUT2D eigenvalue weighted by molar-refractivity contribution is 6.28. The lowest BCUT2D eigenvalue weighted by molar-refractivity contribution is 0.371. The first-order valence-corrected chi connectivity index (χ1v) is 7.04. The molecule has 19 heavy (non-hydrogen) atoms. The highest BCUT2D eigenvalue weighted by Crippen LogP contribution is 2.24. The number of aromatic nitrogens is 3. The van der Waals surface area contributed by atoms with Crippen molar-refractivity contribution in [3.63, 3.8) is 0 Å². The second-order valence-electron chi connectivity index (χ2n) is 5.01. The first kappa shape index (κ1) is 14.3. The molecule has 2 rings (SSSR count). The van der Waals surface area contributed by atoms with Crippen molar-refractivity contribution in [1.29, 1.82) is 0 Å². The second-order valence-corrected chi connectivity index (χ2v) is 5.35. The number of likely N-dealkylation sites (N-methyl/N-ethyl adjacent to an activating group) is 1. The van der Waals surface area contributed by atoms with Crippen molar-refractivity contribution in [2.45, 2.75) is 25.8 Å². The van der Waals surface area contributed by atoms with Crippen LogP contribution in [0.4, 0.5) is 11.9 Å². The minimum Gasteiger partial charge on any atom is -0.354 e. The van der Waals surface area contributed by atoms with Crippen molar-refractivity contribution in [2.75, 3.05) is 43.9 Å². The molecule has 1 atom stereocenters. The van der Waals surface area contributed by atoms with Gasteiger partial charge < -0.3 is 15.1 Å². The molecule has 0 spiro atoms. The summed E-state index contributed by atoms with van der Waals surface area (Å²) in [5, 5.41) is 3.33. The number of anilines is 2. The van der Waals surface area contributed by atoms with Gasteiger partial charge in [-0.2, -0.15) is 15.0 Å².